The van der Waals surface area contributed by atoms with Crippen molar-refractivity contribution in [3.05, 3.63) is 0 Å². The van der Waals surface area contributed by atoms with E-state index in [1.807, 2.05) is 20.8 Å². The molecule has 4 nitrogen and oxygen atoms in total. The number of rotatable bonds is 8. The minimum absolute atomic E-state index is 0.0807. The summed E-state index contributed by atoms with van der Waals surface area (Å²) in [7, 11) is 0. The maximum absolute atomic E-state index is 8.76. The lowest BCUT2D eigenvalue weighted by Gasteiger charge is -2.23. The zero-order valence-electron chi connectivity index (χ0n) is 11.5. The number of hydrogen-bond donors (Lipinski definition) is 4. The molecule has 17 heavy (non-hydrogen) atoms. The fourth-order valence-corrected chi connectivity index (χ4v) is 1.40. The molecule has 0 atom stereocenters. The summed E-state index contributed by atoms with van der Waals surface area (Å²) in [6, 6.07) is 0. The van der Waals surface area contributed by atoms with Crippen LogP contribution < -0.4 is 0 Å². The normalized spacial score (nSPS) is 11.3. The first kappa shape index (κ1) is 19.2. The molecule has 0 bridgehead atoms. The molecule has 0 amide bonds. The zero-order valence-corrected chi connectivity index (χ0v) is 11.5. The van der Waals surface area contributed by atoms with Crippen LogP contribution in [-0.4, -0.2) is 46.9 Å². The van der Waals surface area contributed by atoms with Crippen LogP contribution in [0.2, 0.25) is 0 Å². The highest BCUT2D eigenvalue weighted by Crippen LogP contribution is 2.20. The molecule has 0 radical (unpaired) electrons. The molecule has 4 heteroatoms. The van der Waals surface area contributed by atoms with Crippen LogP contribution in [0.3, 0.4) is 0 Å². The van der Waals surface area contributed by atoms with E-state index in [9.17, 15) is 0 Å². The lowest BCUT2D eigenvalue weighted by atomic mass is 9.88. The third kappa shape index (κ3) is 12.1. The molecular weight excluding hydrogens is 220 g/mol. The van der Waals surface area contributed by atoms with Gasteiger partial charge in [-0.25, -0.2) is 0 Å². The average Bonchev–Trinajstić information content (AvgIpc) is 2.31. The van der Waals surface area contributed by atoms with E-state index in [1.54, 1.807) is 0 Å². The van der Waals surface area contributed by atoms with Crippen molar-refractivity contribution in [3.63, 3.8) is 0 Å². The van der Waals surface area contributed by atoms with E-state index < -0.39 is 0 Å². The molecular formula is C13H30O4. The molecule has 0 saturated carbocycles. The predicted molar refractivity (Wildman–Crippen MR) is 69.8 cm³/mol. The van der Waals surface area contributed by atoms with Crippen molar-refractivity contribution in [3.8, 4) is 0 Å². The Balaban J connectivity index is 0. The highest BCUT2D eigenvalue weighted by molar-refractivity contribution is 4.70. The van der Waals surface area contributed by atoms with Crippen molar-refractivity contribution in [2.24, 2.45) is 11.3 Å². The monoisotopic (exact) mass is 250 g/mol. The topological polar surface area (TPSA) is 80.9 Å². The van der Waals surface area contributed by atoms with Crippen LogP contribution in [0.4, 0.5) is 0 Å². The van der Waals surface area contributed by atoms with Crippen LogP contribution in [0, 0.1) is 11.3 Å². The van der Waals surface area contributed by atoms with E-state index in [-0.39, 0.29) is 31.8 Å². The first-order valence-corrected chi connectivity index (χ1v) is 6.43. The third-order valence-corrected chi connectivity index (χ3v) is 2.86. The van der Waals surface area contributed by atoms with Gasteiger partial charge in [0.2, 0.25) is 0 Å². The molecule has 0 heterocycles. The second-order valence-electron chi connectivity index (χ2n) is 5.01. The van der Waals surface area contributed by atoms with Gasteiger partial charge in [-0.15, -0.1) is 0 Å². The Morgan fingerprint density at radius 3 is 1.53 bits per heavy atom. The van der Waals surface area contributed by atoms with E-state index in [2.05, 4.69) is 0 Å². The van der Waals surface area contributed by atoms with Crippen LogP contribution in [-0.2, 0) is 0 Å². The van der Waals surface area contributed by atoms with Gasteiger partial charge in [0.05, 0.1) is 13.2 Å². The van der Waals surface area contributed by atoms with Crippen molar-refractivity contribution < 1.29 is 20.4 Å². The van der Waals surface area contributed by atoms with Crippen molar-refractivity contribution in [2.75, 3.05) is 26.4 Å². The molecule has 0 saturated heterocycles. The zero-order chi connectivity index (χ0) is 13.7. The summed E-state index contributed by atoms with van der Waals surface area (Å²) in [6.45, 7) is 6.59. The number of hydrogen-bond acceptors (Lipinski definition) is 4. The molecule has 106 valence electrons. The fraction of sp³-hybridized carbons (Fsp3) is 1.00. The Bertz CT molecular complexity index is 140. The molecule has 0 aromatic carbocycles. The Hall–Kier alpha value is -0.160. The molecule has 0 aromatic heterocycles. The van der Waals surface area contributed by atoms with Crippen LogP contribution in [0.1, 0.15) is 46.5 Å². The highest BCUT2D eigenvalue weighted by atomic mass is 16.3. The SMILES string of the molecule is CC(CCO)CCO.CCCC(C)(CO)CO. The summed E-state index contributed by atoms with van der Waals surface area (Å²) in [5.74, 6) is 0.463. The lowest BCUT2D eigenvalue weighted by molar-refractivity contribution is 0.0622. The van der Waals surface area contributed by atoms with E-state index in [4.69, 9.17) is 20.4 Å². The summed E-state index contributed by atoms with van der Waals surface area (Å²) < 4.78 is 0. The number of aliphatic hydroxyl groups is 4. The predicted octanol–water partition coefficient (Wildman–Crippen LogP) is 1.16. The van der Waals surface area contributed by atoms with Gasteiger partial charge in [0, 0.05) is 18.6 Å². The van der Waals surface area contributed by atoms with Crippen molar-refractivity contribution in [1.82, 2.24) is 0 Å². The third-order valence-electron chi connectivity index (χ3n) is 2.86. The van der Waals surface area contributed by atoms with Crippen molar-refractivity contribution in [1.29, 1.82) is 0 Å². The minimum Gasteiger partial charge on any atom is -0.396 e. The first-order valence-electron chi connectivity index (χ1n) is 6.43. The van der Waals surface area contributed by atoms with Gasteiger partial charge in [-0.3, -0.25) is 0 Å². The Kier molecular flexibility index (Phi) is 13.9. The van der Waals surface area contributed by atoms with Crippen molar-refractivity contribution >= 4 is 0 Å². The molecule has 0 aliphatic heterocycles. The molecule has 0 spiro atoms. The lowest BCUT2D eigenvalue weighted by Crippen LogP contribution is -2.25. The van der Waals surface area contributed by atoms with Gasteiger partial charge >= 0.3 is 0 Å². The van der Waals surface area contributed by atoms with Gasteiger partial charge in [0.15, 0.2) is 0 Å². The maximum atomic E-state index is 8.76. The standard InChI is InChI=1S/C7H16O2.C6H14O2/c1-3-4-7(2,5-8)6-9;1-6(2-4-7)3-5-8/h8-9H,3-6H2,1-2H3;6-8H,2-5H2,1H3. The Labute approximate surface area is 105 Å². The summed E-state index contributed by atoms with van der Waals surface area (Å²) in [4.78, 5) is 0. The molecule has 0 fully saturated rings. The van der Waals surface area contributed by atoms with Gasteiger partial charge in [0.1, 0.15) is 0 Å². The second-order valence-corrected chi connectivity index (χ2v) is 5.01. The van der Waals surface area contributed by atoms with E-state index in [1.165, 1.54) is 0 Å². The van der Waals surface area contributed by atoms with Crippen LogP contribution >= 0.6 is 0 Å². The van der Waals surface area contributed by atoms with Crippen molar-refractivity contribution in [2.45, 2.75) is 46.5 Å². The van der Waals surface area contributed by atoms with Gasteiger partial charge in [-0.05, 0) is 25.2 Å². The maximum Gasteiger partial charge on any atom is 0.0506 e. The second kappa shape index (κ2) is 12.3. The summed E-state index contributed by atoms with van der Waals surface area (Å²) >= 11 is 0. The van der Waals surface area contributed by atoms with Gasteiger partial charge in [-0.2, -0.15) is 0 Å². The van der Waals surface area contributed by atoms with E-state index in [0.717, 1.165) is 25.7 Å². The van der Waals surface area contributed by atoms with Crippen LogP contribution in [0.25, 0.3) is 0 Å². The molecule has 4 N–H and O–H groups in total. The number of aliphatic hydroxyl groups excluding tert-OH is 4. The smallest absolute Gasteiger partial charge is 0.0506 e. The summed E-state index contributed by atoms with van der Waals surface area (Å²) in [5, 5.41) is 34.3. The molecule has 0 aliphatic rings. The molecule has 0 aromatic rings. The quantitative estimate of drug-likeness (QED) is 0.521. The van der Waals surface area contributed by atoms with E-state index in [0.29, 0.717) is 5.92 Å². The molecule has 0 unspecified atom stereocenters. The van der Waals surface area contributed by atoms with E-state index >= 15 is 0 Å². The highest BCUT2D eigenvalue weighted by Gasteiger charge is 2.20. The minimum atomic E-state index is -0.255. The van der Waals surface area contributed by atoms with Gasteiger partial charge < -0.3 is 20.4 Å². The van der Waals surface area contributed by atoms with Gasteiger partial charge in [-0.1, -0.05) is 27.2 Å². The fourth-order valence-electron chi connectivity index (χ4n) is 1.40. The molecule has 0 aliphatic carbocycles. The Morgan fingerprint density at radius 2 is 1.35 bits per heavy atom. The van der Waals surface area contributed by atoms with Crippen LogP contribution in [0.15, 0.2) is 0 Å². The average molecular weight is 250 g/mol. The Morgan fingerprint density at radius 1 is 0.941 bits per heavy atom. The first-order chi connectivity index (χ1) is 7.99. The molecule has 0 rings (SSSR count). The summed E-state index contributed by atoms with van der Waals surface area (Å²) in [5.41, 5.74) is -0.255. The largest absolute Gasteiger partial charge is 0.396 e. The van der Waals surface area contributed by atoms with Crippen LogP contribution in [0.5, 0.6) is 0 Å². The summed E-state index contributed by atoms with van der Waals surface area (Å²) in [6.07, 6.45) is 3.51. The van der Waals surface area contributed by atoms with Gasteiger partial charge in [0.25, 0.3) is 0 Å².